The van der Waals surface area contributed by atoms with Gasteiger partial charge in [0.15, 0.2) is 0 Å². The lowest BCUT2D eigenvalue weighted by Gasteiger charge is -2.18. The van der Waals surface area contributed by atoms with E-state index in [2.05, 4.69) is 15.2 Å². The highest BCUT2D eigenvalue weighted by Gasteiger charge is 2.28. The first-order valence-corrected chi connectivity index (χ1v) is 5.30. The molecule has 0 aromatic carbocycles. The van der Waals surface area contributed by atoms with Gasteiger partial charge in [0.2, 0.25) is 0 Å². The van der Waals surface area contributed by atoms with E-state index in [1.165, 1.54) is 0 Å². The maximum absolute atomic E-state index is 12.0. The molecule has 1 atom stereocenters. The van der Waals surface area contributed by atoms with E-state index in [1.54, 1.807) is 24.0 Å². The molecule has 0 saturated heterocycles. The summed E-state index contributed by atoms with van der Waals surface area (Å²) in [7, 11) is 1.74. The predicted octanol–water partition coefficient (Wildman–Crippen LogP) is 1.65. The number of aryl methyl sites for hydroxylation is 1. The highest BCUT2D eigenvalue weighted by atomic mass is 19.4. The van der Waals surface area contributed by atoms with Crippen LogP contribution in [-0.2, 0) is 11.8 Å². The first-order chi connectivity index (χ1) is 7.94. The Bertz CT molecular complexity index is 338. The zero-order valence-electron chi connectivity index (χ0n) is 9.79. The van der Waals surface area contributed by atoms with Crippen LogP contribution < -0.4 is 5.32 Å². The zero-order valence-corrected chi connectivity index (χ0v) is 9.79. The number of likely N-dealkylation sites (N-methyl/N-ethyl adjacent to an activating group) is 1. The Morgan fingerprint density at radius 1 is 1.53 bits per heavy atom. The van der Waals surface area contributed by atoms with Crippen molar-refractivity contribution in [1.29, 1.82) is 0 Å². The molecule has 1 N–H and O–H groups in total. The van der Waals surface area contributed by atoms with E-state index in [4.69, 9.17) is 0 Å². The van der Waals surface area contributed by atoms with Crippen LogP contribution in [0.25, 0.3) is 0 Å². The molecule has 1 aromatic heterocycles. The van der Waals surface area contributed by atoms with E-state index in [-0.39, 0.29) is 12.6 Å². The van der Waals surface area contributed by atoms with Crippen LogP contribution >= 0.6 is 0 Å². The molecule has 0 fully saturated rings. The molecule has 0 aliphatic heterocycles. The van der Waals surface area contributed by atoms with Gasteiger partial charge in [0, 0.05) is 13.2 Å². The Labute approximate surface area is 97.8 Å². The topological polar surface area (TPSA) is 39.1 Å². The van der Waals surface area contributed by atoms with E-state index in [0.717, 1.165) is 5.69 Å². The normalized spacial score (nSPS) is 13.9. The van der Waals surface area contributed by atoms with Gasteiger partial charge in [-0.3, -0.25) is 4.68 Å². The van der Waals surface area contributed by atoms with E-state index < -0.39 is 12.8 Å². The minimum atomic E-state index is -4.29. The second kappa shape index (κ2) is 6.02. The summed E-state index contributed by atoms with van der Waals surface area (Å²) in [6, 6.07) is 1.47. The molecule has 0 aliphatic rings. The van der Waals surface area contributed by atoms with Crippen molar-refractivity contribution in [2.24, 2.45) is 7.05 Å². The predicted molar refractivity (Wildman–Crippen MR) is 56.5 cm³/mol. The van der Waals surface area contributed by atoms with Crippen molar-refractivity contribution in [2.45, 2.75) is 19.1 Å². The molecular formula is C10H16F3N3O. The Morgan fingerprint density at radius 3 is 2.71 bits per heavy atom. The number of alkyl halides is 3. The van der Waals surface area contributed by atoms with Gasteiger partial charge in [-0.05, 0) is 12.6 Å². The Kier molecular flexibility index (Phi) is 4.95. The van der Waals surface area contributed by atoms with Crippen molar-refractivity contribution in [3.05, 3.63) is 18.0 Å². The van der Waals surface area contributed by atoms with Crippen LogP contribution in [0.5, 0.6) is 0 Å². The van der Waals surface area contributed by atoms with Crippen molar-refractivity contribution < 1.29 is 17.9 Å². The van der Waals surface area contributed by atoms with Crippen LogP contribution in [-0.4, -0.2) is 35.7 Å². The second-order valence-electron chi connectivity index (χ2n) is 3.62. The SMILES string of the molecule is CCNC(COCC(F)(F)F)c1ccnn1C. The van der Waals surface area contributed by atoms with Crippen LogP contribution in [0.1, 0.15) is 18.7 Å². The van der Waals surface area contributed by atoms with Crippen LogP contribution in [0.3, 0.4) is 0 Å². The van der Waals surface area contributed by atoms with Crippen LogP contribution in [0, 0.1) is 0 Å². The minimum Gasteiger partial charge on any atom is -0.370 e. The van der Waals surface area contributed by atoms with Gasteiger partial charge in [-0.25, -0.2) is 0 Å². The van der Waals surface area contributed by atoms with Gasteiger partial charge < -0.3 is 10.1 Å². The van der Waals surface area contributed by atoms with Gasteiger partial charge >= 0.3 is 6.18 Å². The Balaban J connectivity index is 2.53. The first-order valence-electron chi connectivity index (χ1n) is 5.30. The molecule has 0 radical (unpaired) electrons. The van der Waals surface area contributed by atoms with E-state index in [1.807, 2.05) is 6.92 Å². The third kappa shape index (κ3) is 4.74. The van der Waals surface area contributed by atoms with Crippen LogP contribution in [0.15, 0.2) is 12.3 Å². The second-order valence-corrected chi connectivity index (χ2v) is 3.62. The average Bonchev–Trinajstić information content (AvgIpc) is 2.61. The number of hydrogen-bond donors (Lipinski definition) is 1. The van der Waals surface area contributed by atoms with Gasteiger partial charge in [-0.15, -0.1) is 0 Å². The molecule has 7 heteroatoms. The average molecular weight is 251 g/mol. The zero-order chi connectivity index (χ0) is 12.9. The monoisotopic (exact) mass is 251 g/mol. The van der Waals surface area contributed by atoms with Gasteiger partial charge in [0.05, 0.1) is 18.3 Å². The fourth-order valence-corrected chi connectivity index (χ4v) is 1.51. The maximum Gasteiger partial charge on any atom is 0.411 e. The first kappa shape index (κ1) is 14.0. The summed E-state index contributed by atoms with van der Waals surface area (Å²) in [5, 5.41) is 7.03. The van der Waals surface area contributed by atoms with E-state index in [9.17, 15) is 13.2 Å². The molecular weight excluding hydrogens is 235 g/mol. The molecule has 17 heavy (non-hydrogen) atoms. The Morgan fingerprint density at radius 2 is 2.24 bits per heavy atom. The molecule has 0 aliphatic carbocycles. The largest absolute Gasteiger partial charge is 0.411 e. The van der Waals surface area contributed by atoms with Crippen molar-refractivity contribution in [3.8, 4) is 0 Å². The molecule has 0 amide bonds. The maximum atomic E-state index is 12.0. The summed E-state index contributed by atoms with van der Waals surface area (Å²) in [6.45, 7) is 1.26. The Hall–Kier alpha value is -1.08. The summed E-state index contributed by atoms with van der Waals surface area (Å²) in [5.41, 5.74) is 0.800. The van der Waals surface area contributed by atoms with E-state index >= 15 is 0 Å². The van der Waals surface area contributed by atoms with Gasteiger partial charge in [-0.2, -0.15) is 18.3 Å². The number of nitrogens with zero attached hydrogens (tertiary/aromatic N) is 2. The van der Waals surface area contributed by atoms with Crippen LogP contribution in [0.4, 0.5) is 13.2 Å². The molecule has 1 aromatic rings. The molecule has 1 heterocycles. The summed E-state index contributed by atoms with van der Waals surface area (Å²) < 4.78 is 42.1. The summed E-state index contributed by atoms with van der Waals surface area (Å²) in [5.74, 6) is 0. The standard InChI is InChI=1S/C10H16F3N3O/c1-3-14-8(6-17-7-10(11,12)13)9-4-5-15-16(9)2/h4-5,8,14H,3,6-7H2,1-2H3. The summed E-state index contributed by atoms with van der Waals surface area (Å²) in [4.78, 5) is 0. The lowest BCUT2D eigenvalue weighted by Crippen LogP contribution is -2.29. The molecule has 4 nitrogen and oxygen atoms in total. The number of nitrogens with one attached hydrogen (secondary N) is 1. The fraction of sp³-hybridized carbons (Fsp3) is 0.700. The molecule has 1 rings (SSSR count). The van der Waals surface area contributed by atoms with Gasteiger partial charge in [-0.1, -0.05) is 6.92 Å². The molecule has 0 bridgehead atoms. The minimum absolute atomic E-state index is 0.0348. The van der Waals surface area contributed by atoms with Gasteiger partial charge in [0.1, 0.15) is 6.61 Å². The number of aromatic nitrogens is 2. The van der Waals surface area contributed by atoms with E-state index in [0.29, 0.717) is 6.54 Å². The summed E-state index contributed by atoms with van der Waals surface area (Å²) in [6.07, 6.45) is -2.69. The molecule has 0 saturated carbocycles. The third-order valence-electron chi connectivity index (χ3n) is 2.22. The van der Waals surface area contributed by atoms with Crippen molar-refractivity contribution >= 4 is 0 Å². The number of rotatable bonds is 6. The molecule has 98 valence electrons. The molecule has 0 spiro atoms. The number of hydrogen-bond acceptors (Lipinski definition) is 3. The summed E-state index contributed by atoms with van der Waals surface area (Å²) >= 11 is 0. The fourth-order valence-electron chi connectivity index (χ4n) is 1.51. The third-order valence-corrected chi connectivity index (χ3v) is 2.22. The molecule has 1 unspecified atom stereocenters. The number of ether oxygens (including phenoxy) is 1. The van der Waals surface area contributed by atoms with Crippen molar-refractivity contribution in [2.75, 3.05) is 19.8 Å². The quantitative estimate of drug-likeness (QED) is 0.835. The highest BCUT2D eigenvalue weighted by molar-refractivity contribution is 5.06. The highest BCUT2D eigenvalue weighted by Crippen LogP contribution is 2.17. The number of halogens is 3. The van der Waals surface area contributed by atoms with Crippen molar-refractivity contribution in [3.63, 3.8) is 0 Å². The smallest absolute Gasteiger partial charge is 0.370 e. The van der Waals surface area contributed by atoms with Gasteiger partial charge in [0.25, 0.3) is 0 Å². The van der Waals surface area contributed by atoms with Crippen LogP contribution in [0.2, 0.25) is 0 Å². The lowest BCUT2D eigenvalue weighted by atomic mass is 10.2. The van der Waals surface area contributed by atoms with Crippen molar-refractivity contribution in [1.82, 2.24) is 15.1 Å². The lowest BCUT2D eigenvalue weighted by molar-refractivity contribution is -0.175.